The normalized spacial score (nSPS) is 13.9. The quantitative estimate of drug-likeness (QED) is 0.0734. The van der Waals surface area contributed by atoms with Gasteiger partial charge in [0, 0.05) is 253 Å². The molecule has 3 aliphatic carbocycles. The highest BCUT2D eigenvalue weighted by Crippen LogP contribution is 2.50. The summed E-state index contributed by atoms with van der Waals surface area (Å²) >= 11 is 0. The Kier molecular flexibility index (Phi) is 26.2. The molecule has 0 fully saturated rings. The Hall–Kier alpha value is -15.0. The number of Topliss-reactive ketones (excluding diaryl/α,β-unsaturated/α-hetero) is 4. The molecule has 6 aliphatic rings. The van der Waals surface area contributed by atoms with E-state index in [4.69, 9.17) is 14.2 Å². The molecule has 730 valence electrons. The van der Waals surface area contributed by atoms with Crippen LogP contribution in [-0.2, 0) is 78.2 Å². The Morgan fingerprint density at radius 2 is 0.552 bits per heavy atom. The Morgan fingerprint density at radius 1 is 0.280 bits per heavy atom. The molecule has 18 heteroatoms. The molecular formula is C125H131N9O9. The summed E-state index contributed by atoms with van der Waals surface area (Å²) in [6.07, 6.45) is 12.7. The molecule has 0 amide bonds. The van der Waals surface area contributed by atoms with Gasteiger partial charge < -0.3 is 66.5 Å². The fraction of sp³-hybridized carbons (Fsp3) is 0.296. The van der Waals surface area contributed by atoms with Crippen LogP contribution in [0.15, 0.2) is 203 Å². The number of ether oxygens (including phenoxy) is 3. The van der Waals surface area contributed by atoms with Gasteiger partial charge >= 0.3 is 0 Å². The number of carbonyl (C=O) groups is 4. The number of phenols is 2. The van der Waals surface area contributed by atoms with Crippen molar-refractivity contribution in [2.24, 2.45) is 0 Å². The minimum atomic E-state index is -0.120. The van der Waals surface area contributed by atoms with Crippen molar-refractivity contribution in [3.63, 3.8) is 0 Å². The lowest BCUT2D eigenvalue weighted by Crippen LogP contribution is -2.06. The summed E-state index contributed by atoms with van der Waals surface area (Å²) in [6.45, 7) is 53.0. The molecule has 24 rings (SSSR count). The Morgan fingerprint density at radius 3 is 0.860 bits per heavy atom. The van der Waals surface area contributed by atoms with E-state index in [9.17, 15) is 29.4 Å². The maximum atomic E-state index is 12.2. The van der Waals surface area contributed by atoms with Crippen LogP contribution in [0.3, 0.4) is 0 Å². The van der Waals surface area contributed by atoms with Gasteiger partial charge in [0.1, 0.15) is 28.7 Å². The van der Waals surface area contributed by atoms with E-state index >= 15 is 0 Å². The number of phenolic OH excluding ortho intramolecular Hbond substituents is 2. The highest BCUT2D eigenvalue weighted by atomic mass is 16.5. The van der Waals surface area contributed by atoms with Crippen molar-refractivity contribution in [1.82, 2.24) is 42.1 Å². The summed E-state index contributed by atoms with van der Waals surface area (Å²) < 4.78 is 30.5. The zero-order valence-corrected chi connectivity index (χ0v) is 86.0. The summed E-state index contributed by atoms with van der Waals surface area (Å²) in [5.41, 5.74) is 39.2. The molecule has 18 nitrogen and oxygen atoms in total. The van der Waals surface area contributed by atoms with Crippen LogP contribution in [0.4, 0.5) is 0 Å². The Bertz CT molecular complexity index is 8510. The van der Waals surface area contributed by atoms with E-state index in [1.807, 2.05) is 37.4 Å². The third kappa shape index (κ3) is 16.3. The summed E-state index contributed by atoms with van der Waals surface area (Å²) in [5, 5.41) is 35.4. The number of hydrogen-bond acceptors (Lipinski definition) is 12. The second-order valence-electron chi connectivity index (χ2n) is 39.6. The van der Waals surface area contributed by atoms with Crippen molar-refractivity contribution >= 4 is 188 Å². The number of ketones is 4. The average molecular weight is 1900 g/mol. The van der Waals surface area contributed by atoms with Gasteiger partial charge in [-0.3, -0.25) is 19.2 Å². The number of allylic oxidation sites excluding steroid dienone is 3. The van der Waals surface area contributed by atoms with Gasteiger partial charge in [0.2, 0.25) is 0 Å². The zero-order valence-electron chi connectivity index (χ0n) is 86.0. The predicted molar refractivity (Wildman–Crippen MR) is 595 cm³/mol. The van der Waals surface area contributed by atoms with Crippen LogP contribution in [0.5, 0.6) is 28.7 Å². The van der Waals surface area contributed by atoms with Gasteiger partial charge in [-0.2, -0.15) is 0 Å². The number of fused-ring (bicyclic) bond motifs is 30. The fourth-order valence-corrected chi connectivity index (χ4v) is 23.8. The number of hydrogen-bond donors (Lipinski definition) is 2. The fourth-order valence-electron chi connectivity index (χ4n) is 23.8. The first-order valence-corrected chi connectivity index (χ1v) is 50.8. The van der Waals surface area contributed by atoms with Crippen LogP contribution in [0.1, 0.15) is 235 Å². The van der Waals surface area contributed by atoms with Gasteiger partial charge in [-0.05, 0) is 269 Å². The van der Waals surface area contributed by atoms with E-state index in [2.05, 4.69) is 259 Å². The van der Waals surface area contributed by atoms with Gasteiger partial charge in [-0.15, -0.1) is 0 Å². The van der Waals surface area contributed by atoms with Crippen molar-refractivity contribution in [2.75, 3.05) is 42.5 Å². The molecule has 0 saturated carbocycles. The van der Waals surface area contributed by atoms with Crippen LogP contribution in [-0.4, -0.2) is 118 Å². The van der Waals surface area contributed by atoms with Gasteiger partial charge in [0.25, 0.3) is 0 Å². The SMILES string of the molecule is C=C1CCc2c1ccc1c2c2cc(C(C)=O)c(O)cc2n1CCC.C=C1CCc2c1ccc1c2c2cc(C(C)=O)ccc2n1CCC.C=C1CCc2c1ccc1c2c2ccc(OC)cc2n1CCC.C=C1c2ccc3c(c2CN1C)c1cc(C(C)=O)c(O)cc1n3CCC.C=C1c2ccc3c(c2CN1C)c1cc(C(C)=O)c(OC)cc1n3CCC.C=C1c2ccc3c(c2CN1C)c1ccc(OC)cc1n3CCC. The number of methoxy groups -OCH3 is 3. The second-order valence-corrected chi connectivity index (χ2v) is 39.6. The van der Waals surface area contributed by atoms with Gasteiger partial charge in [0.15, 0.2) is 23.1 Å². The zero-order chi connectivity index (χ0) is 101. The third-order valence-corrected chi connectivity index (χ3v) is 30.7. The van der Waals surface area contributed by atoms with Crippen LogP contribution < -0.4 is 14.2 Å². The molecule has 2 N–H and O–H groups in total. The van der Waals surface area contributed by atoms with E-state index in [0.717, 1.165) is 208 Å². The molecule has 0 bridgehead atoms. The summed E-state index contributed by atoms with van der Waals surface area (Å²) in [7, 11) is 11.3. The Labute approximate surface area is 836 Å². The number of rotatable bonds is 19. The van der Waals surface area contributed by atoms with Crippen LogP contribution in [0.25, 0.3) is 165 Å². The number of carbonyl (C=O) groups excluding carboxylic acids is 4. The van der Waals surface area contributed by atoms with Gasteiger partial charge in [-0.25, -0.2) is 0 Å². The van der Waals surface area contributed by atoms with Crippen molar-refractivity contribution in [2.45, 2.75) is 205 Å². The summed E-state index contributed by atoms with van der Waals surface area (Å²) in [5.74, 6) is 2.52. The molecule has 12 aromatic carbocycles. The highest BCUT2D eigenvalue weighted by Gasteiger charge is 2.33. The molecule has 0 saturated heterocycles. The van der Waals surface area contributed by atoms with Crippen LogP contribution in [0.2, 0.25) is 0 Å². The number of aromatic hydroxyl groups is 2. The lowest BCUT2D eigenvalue weighted by molar-refractivity contribution is 0.100. The Balaban J connectivity index is 0.000000109. The molecular weight excluding hydrogens is 1770 g/mol. The molecule has 0 atom stereocenters. The molecule has 143 heavy (non-hydrogen) atoms. The average Bonchev–Trinajstić information content (AvgIpc) is 1.57. The van der Waals surface area contributed by atoms with Crippen molar-refractivity contribution in [3.8, 4) is 28.7 Å². The smallest absolute Gasteiger partial charge is 0.163 e. The molecule has 0 unspecified atom stereocenters. The summed E-state index contributed by atoms with van der Waals surface area (Å²) in [4.78, 5) is 54.4. The van der Waals surface area contributed by atoms with Crippen molar-refractivity contribution < 1.29 is 43.6 Å². The minimum absolute atomic E-state index is 0.0224. The van der Waals surface area contributed by atoms with Gasteiger partial charge in [0.05, 0.1) is 65.6 Å². The standard InChI is InChI=1S/C22H24N2O2.C21H22N2O2.C21H21NO2.C21H21NO.C20H22N2O.C20H21NO/c1-6-9-24-19-8-7-15-13(2)23(4)12-18(15)22(19)17-10-16(14(3)25)21(26-5)11-20(17)24;1-5-8-23-18-7-6-14-12(2)22(4)11-17(14)21(18)16-9-15(13(3)24)20(25)10-19(16)23;1-4-9-22-18-8-7-14-12(2)5-6-15(14)21(18)17-10-16(13(3)23)20(24)11-19(17)22;1-4-11-22-19-9-6-15(14(3)23)12-18(19)21-17-7-5-13(2)16(17)8-10-20(21)22;1-5-10-22-18-9-8-15-13(2)21(3)12-17(15)20(18)16-7-6-14(23-4)11-19(16)22;1-4-11-21-18-10-9-15-13(2)5-7-16(15)20(18)17-8-6-14(22-3)12-19(17)21/h7-8,10-11H,2,6,9,12H2,1,3-5H3;6-7,9-10,25H,2,5,8,11H2,1,3-4H3;7-8,10-11,24H,2,4-6,9H2,1,3H3;6,8-10,12H,2,4-5,7,11H2,1,3H3;6-9,11H,2,5,10,12H2,1,3-4H3;6,8-10,12H,2,4-5,7,11H2,1,3H3. The van der Waals surface area contributed by atoms with Crippen molar-refractivity contribution in [3.05, 3.63) is 292 Å². The number of aromatic nitrogens is 6. The lowest BCUT2D eigenvalue weighted by atomic mass is 10.00. The maximum absolute atomic E-state index is 12.2. The van der Waals surface area contributed by atoms with Crippen LogP contribution >= 0.6 is 0 Å². The monoisotopic (exact) mass is 1900 g/mol. The minimum Gasteiger partial charge on any atom is -0.507 e. The number of aryl methyl sites for hydroxylation is 9. The van der Waals surface area contributed by atoms with Crippen molar-refractivity contribution in [1.29, 1.82) is 0 Å². The van der Waals surface area contributed by atoms with E-state index in [-0.39, 0.29) is 34.6 Å². The van der Waals surface area contributed by atoms with Crippen LogP contribution in [0, 0.1) is 0 Å². The maximum Gasteiger partial charge on any atom is 0.163 e. The number of nitrogens with zero attached hydrogens (tertiary/aromatic N) is 9. The molecule has 9 heterocycles. The third-order valence-electron chi connectivity index (χ3n) is 30.7. The first-order valence-electron chi connectivity index (χ1n) is 50.8. The first-order chi connectivity index (χ1) is 68.9. The predicted octanol–water partition coefficient (Wildman–Crippen LogP) is 29.6. The number of benzene rings is 12. The second kappa shape index (κ2) is 38.8. The molecule has 0 spiro atoms. The van der Waals surface area contributed by atoms with E-state index in [0.29, 0.717) is 22.4 Å². The first kappa shape index (κ1) is 96.8. The molecule has 0 radical (unpaired) electrons. The van der Waals surface area contributed by atoms with E-state index < -0.39 is 0 Å². The largest absolute Gasteiger partial charge is 0.507 e. The van der Waals surface area contributed by atoms with E-state index in [1.54, 1.807) is 47.3 Å². The highest BCUT2D eigenvalue weighted by molar-refractivity contribution is 6.20. The lowest BCUT2D eigenvalue weighted by Gasteiger charge is -2.10. The molecule has 6 aromatic heterocycles. The van der Waals surface area contributed by atoms with Gasteiger partial charge in [-0.1, -0.05) is 117 Å². The molecule has 3 aliphatic heterocycles. The van der Waals surface area contributed by atoms with E-state index in [1.165, 1.54) is 190 Å². The molecule has 18 aromatic rings. The summed E-state index contributed by atoms with van der Waals surface area (Å²) in [6, 6.07) is 56.7. The topological polar surface area (TPSA) is 176 Å².